The molecule has 0 saturated heterocycles. The van der Waals surface area contributed by atoms with Crippen LogP contribution in [0.4, 0.5) is 11.4 Å². The maximum Gasteiger partial charge on any atom is 0.226 e. The zero-order valence-corrected chi connectivity index (χ0v) is 15.0. The summed E-state index contributed by atoms with van der Waals surface area (Å²) in [6.45, 7) is 4.15. The molecule has 0 fully saturated rings. The van der Waals surface area contributed by atoms with Crippen LogP contribution < -0.4 is 15.0 Å². The fourth-order valence-corrected chi connectivity index (χ4v) is 2.49. The number of amides is 2. The van der Waals surface area contributed by atoms with Gasteiger partial charge in [-0.3, -0.25) is 9.59 Å². The number of hydrogen-bond acceptors (Lipinski definition) is 3. The molecular weight excluding hydrogens is 340 g/mol. The van der Waals surface area contributed by atoms with Gasteiger partial charge >= 0.3 is 0 Å². The Kier molecular flexibility index (Phi) is 6.83. The topological polar surface area (TPSA) is 58.6 Å². The molecule has 132 valence electrons. The van der Waals surface area contributed by atoms with Crippen LogP contribution in [0.25, 0.3) is 0 Å². The van der Waals surface area contributed by atoms with Gasteiger partial charge < -0.3 is 15.0 Å². The number of nitrogens with one attached hydrogen (secondary N) is 1. The lowest BCUT2D eigenvalue weighted by Gasteiger charge is -2.21. The first-order valence-electron chi connectivity index (χ1n) is 8.06. The molecule has 0 aliphatic heterocycles. The van der Waals surface area contributed by atoms with Gasteiger partial charge in [-0.05, 0) is 43.3 Å². The highest BCUT2D eigenvalue weighted by Gasteiger charge is 2.14. The molecule has 25 heavy (non-hydrogen) atoms. The van der Waals surface area contributed by atoms with Crippen molar-refractivity contribution >= 4 is 34.8 Å². The van der Waals surface area contributed by atoms with Crippen LogP contribution in [0.15, 0.2) is 48.5 Å². The average molecular weight is 361 g/mol. The smallest absolute Gasteiger partial charge is 0.226 e. The SMILES string of the molecule is CCOc1ccccc1NC(=O)CCN(C(C)=O)c1ccc(Cl)cc1. The molecular formula is C19H21ClN2O3. The largest absolute Gasteiger partial charge is 0.492 e. The van der Waals surface area contributed by atoms with Crippen molar-refractivity contribution in [2.24, 2.45) is 0 Å². The zero-order chi connectivity index (χ0) is 18.2. The molecule has 6 heteroatoms. The lowest BCUT2D eigenvalue weighted by Crippen LogP contribution is -2.31. The van der Waals surface area contributed by atoms with Crippen LogP contribution in [-0.2, 0) is 9.59 Å². The molecule has 0 heterocycles. The van der Waals surface area contributed by atoms with E-state index in [0.29, 0.717) is 28.8 Å². The molecule has 2 amide bonds. The van der Waals surface area contributed by atoms with E-state index in [-0.39, 0.29) is 24.8 Å². The van der Waals surface area contributed by atoms with Gasteiger partial charge in [-0.25, -0.2) is 0 Å². The van der Waals surface area contributed by atoms with Crippen molar-refractivity contribution in [3.8, 4) is 5.75 Å². The molecule has 0 saturated carbocycles. The van der Waals surface area contributed by atoms with E-state index in [0.717, 1.165) is 0 Å². The van der Waals surface area contributed by atoms with Crippen LogP contribution in [0, 0.1) is 0 Å². The van der Waals surface area contributed by atoms with Crippen molar-refractivity contribution in [1.82, 2.24) is 0 Å². The first kappa shape index (κ1) is 18.8. The van der Waals surface area contributed by atoms with E-state index in [1.165, 1.54) is 6.92 Å². The molecule has 0 aromatic heterocycles. The third-order valence-corrected chi connectivity index (χ3v) is 3.79. The van der Waals surface area contributed by atoms with E-state index in [1.807, 2.05) is 19.1 Å². The summed E-state index contributed by atoms with van der Waals surface area (Å²) in [7, 11) is 0. The highest BCUT2D eigenvalue weighted by Crippen LogP contribution is 2.24. The number of benzene rings is 2. The minimum Gasteiger partial charge on any atom is -0.492 e. The summed E-state index contributed by atoms with van der Waals surface area (Å²) in [6, 6.07) is 14.2. The number of hydrogen-bond donors (Lipinski definition) is 1. The van der Waals surface area contributed by atoms with E-state index in [4.69, 9.17) is 16.3 Å². The van der Waals surface area contributed by atoms with Gasteiger partial charge in [0.1, 0.15) is 5.75 Å². The predicted octanol–water partition coefficient (Wildman–Crippen LogP) is 4.12. The summed E-state index contributed by atoms with van der Waals surface area (Å²) < 4.78 is 5.49. The Morgan fingerprint density at radius 3 is 2.44 bits per heavy atom. The maximum atomic E-state index is 12.3. The summed E-state index contributed by atoms with van der Waals surface area (Å²) in [5, 5.41) is 3.42. The standard InChI is InChI=1S/C19H21ClN2O3/c1-3-25-18-7-5-4-6-17(18)21-19(24)12-13-22(14(2)23)16-10-8-15(20)9-11-16/h4-11H,3,12-13H2,1-2H3,(H,21,24). The average Bonchev–Trinajstić information content (AvgIpc) is 2.58. The lowest BCUT2D eigenvalue weighted by atomic mass is 10.2. The number of carbonyl (C=O) groups excluding carboxylic acids is 2. The minimum atomic E-state index is -0.188. The third kappa shape index (κ3) is 5.50. The Morgan fingerprint density at radius 1 is 1.12 bits per heavy atom. The number of nitrogens with zero attached hydrogens (tertiary/aromatic N) is 1. The van der Waals surface area contributed by atoms with Gasteiger partial charge in [0.2, 0.25) is 11.8 Å². The Labute approximate surface area is 152 Å². The fraction of sp³-hybridized carbons (Fsp3) is 0.263. The normalized spacial score (nSPS) is 10.2. The molecule has 0 aliphatic rings. The van der Waals surface area contributed by atoms with Crippen LogP contribution >= 0.6 is 11.6 Å². The molecule has 2 rings (SSSR count). The third-order valence-electron chi connectivity index (χ3n) is 3.54. The number of carbonyl (C=O) groups is 2. The second kappa shape index (κ2) is 9.08. The molecule has 2 aromatic carbocycles. The van der Waals surface area contributed by atoms with E-state index in [1.54, 1.807) is 41.3 Å². The number of halogens is 1. The lowest BCUT2D eigenvalue weighted by molar-refractivity contribution is -0.117. The highest BCUT2D eigenvalue weighted by molar-refractivity contribution is 6.30. The van der Waals surface area contributed by atoms with Crippen LogP contribution in [-0.4, -0.2) is 25.0 Å². The van der Waals surface area contributed by atoms with Gasteiger partial charge in [0, 0.05) is 30.6 Å². The Bertz CT molecular complexity index is 732. The maximum absolute atomic E-state index is 12.3. The molecule has 0 unspecified atom stereocenters. The minimum absolute atomic E-state index is 0.134. The number of rotatable bonds is 7. The van der Waals surface area contributed by atoms with Gasteiger partial charge in [-0.2, -0.15) is 0 Å². The van der Waals surface area contributed by atoms with E-state index < -0.39 is 0 Å². The first-order chi connectivity index (χ1) is 12.0. The second-order valence-electron chi connectivity index (χ2n) is 5.37. The predicted molar refractivity (Wildman–Crippen MR) is 100 cm³/mol. The molecule has 0 bridgehead atoms. The summed E-state index contributed by atoms with van der Waals surface area (Å²) in [5.74, 6) is 0.302. The molecule has 0 radical (unpaired) electrons. The molecule has 0 spiro atoms. The van der Waals surface area contributed by atoms with Crippen molar-refractivity contribution in [3.05, 3.63) is 53.6 Å². The molecule has 5 nitrogen and oxygen atoms in total. The van der Waals surface area contributed by atoms with Crippen molar-refractivity contribution in [2.45, 2.75) is 20.3 Å². The number of anilines is 2. The summed E-state index contributed by atoms with van der Waals surface area (Å²) in [5.41, 5.74) is 1.33. The summed E-state index contributed by atoms with van der Waals surface area (Å²) in [4.78, 5) is 25.7. The van der Waals surface area contributed by atoms with Crippen LogP contribution in [0.3, 0.4) is 0 Å². The highest BCUT2D eigenvalue weighted by atomic mass is 35.5. The van der Waals surface area contributed by atoms with Gasteiger partial charge in [0.05, 0.1) is 12.3 Å². The molecule has 2 aromatic rings. The second-order valence-corrected chi connectivity index (χ2v) is 5.81. The van der Waals surface area contributed by atoms with Gasteiger partial charge in [0.15, 0.2) is 0 Å². The molecule has 0 atom stereocenters. The van der Waals surface area contributed by atoms with Gasteiger partial charge in [-0.15, -0.1) is 0 Å². The van der Waals surface area contributed by atoms with Crippen molar-refractivity contribution in [1.29, 1.82) is 0 Å². The monoisotopic (exact) mass is 360 g/mol. The van der Waals surface area contributed by atoms with E-state index in [9.17, 15) is 9.59 Å². The van der Waals surface area contributed by atoms with Crippen molar-refractivity contribution < 1.29 is 14.3 Å². The van der Waals surface area contributed by atoms with E-state index in [2.05, 4.69) is 5.32 Å². The number of ether oxygens (including phenoxy) is 1. The van der Waals surface area contributed by atoms with Gasteiger partial charge in [-0.1, -0.05) is 23.7 Å². The summed E-state index contributed by atoms with van der Waals surface area (Å²) in [6.07, 6.45) is 0.169. The van der Waals surface area contributed by atoms with Crippen LogP contribution in [0.5, 0.6) is 5.75 Å². The molecule has 0 aliphatic carbocycles. The van der Waals surface area contributed by atoms with Crippen LogP contribution in [0.1, 0.15) is 20.3 Å². The number of para-hydroxylation sites is 2. The fourth-order valence-electron chi connectivity index (χ4n) is 2.37. The van der Waals surface area contributed by atoms with E-state index >= 15 is 0 Å². The van der Waals surface area contributed by atoms with Crippen molar-refractivity contribution in [2.75, 3.05) is 23.4 Å². The zero-order valence-electron chi connectivity index (χ0n) is 14.3. The van der Waals surface area contributed by atoms with Gasteiger partial charge in [0.25, 0.3) is 0 Å². The Balaban J connectivity index is 2.00. The Morgan fingerprint density at radius 2 is 1.80 bits per heavy atom. The summed E-state index contributed by atoms with van der Waals surface area (Å²) >= 11 is 5.87. The Hall–Kier alpha value is -2.53. The molecule has 1 N–H and O–H groups in total. The van der Waals surface area contributed by atoms with Crippen molar-refractivity contribution in [3.63, 3.8) is 0 Å². The first-order valence-corrected chi connectivity index (χ1v) is 8.44. The van der Waals surface area contributed by atoms with Crippen LogP contribution in [0.2, 0.25) is 5.02 Å². The quantitative estimate of drug-likeness (QED) is 0.808.